The maximum atomic E-state index is 13.0. The summed E-state index contributed by atoms with van der Waals surface area (Å²) in [5.41, 5.74) is 3.12. The number of carbonyl (C=O) groups excluding carboxylic acids is 1. The molecule has 0 aliphatic rings. The van der Waals surface area contributed by atoms with Crippen molar-refractivity contribution in [1.29, 1.82) is 4.78 Å². The highest BCUT2D eigenvalue weighted by atomic mass is 32.2. The number of rotatable bonds is 7. The fourth-order valence-electron chi connectivity index (χ4n) is 2.90. The second kappa shape index (κ2) is 10.5. The van der Waals surface area contributed by atoms with Crippen LogP contribution in [0.3, 0.4) is 0 Å². The standard InChI is InChI=1S/C21H23NO3.HNO2S/c1-14-5-10-19-18(13-14)20(15(2)25-19)21(23)16-6-8-17(9-7-16)24-12-4-11-22-3;1-4(2)3/h5-10,13,22H,4,11-12H2,1-3H3;1H. The number of hydrogen-bond acceptors (Lipinski definition) is 7. The van der Waals surface area contributed by atoms with Gasteiger partial charge in [-0.2, -0.15) is 13.2 Å². The van der Waals surface area contributed by atoms with Gasteiger partial charge in [0.25, 0.3) is 0 Å². The summed E-state index contributed by atoms with van der Waals surface area (Å²) in [5.74, 6) is 1.40. The summed E-state index contributed by atoms with van der Waals surface area (Å²) < 4.78 is 34.3. The number of hydrogen-bond donors (Lipinski definition) is 2. The number of aryl methyl sites for hydroxylation is 2. The Balaban J connectivity index is 0.000000687. The van der Waals surface area contributed by atoms with Crippen molar-refractivity contribution >= 4 is 27.3 Å². The third-order valence-corrected chi connectivity index (χ3v) is 4.20. The van der Waals surface area contributed by atoms with E-state index in [0.717, 1.165) is 35.2 Å². The topological polar surface area (TPSA) is 109 Å². The number of ether oxygens (including phenoxy) is 1. The first-order valence-electron chi connectivity index (χ1n) is 9.06. The van der Waals surface area contributed by atoms with Gasteiger partial charge in [-0.15, -0.1) is 0 Å². The molecule has 2 aromatic carbocycles. The first-order chi connectivity index (χ1) is 13.8. The van der Waals surface area contributed by atoms with Crippen LogP contribution in [-0.4, -0.2) is 34.4 Å². The minimum Gasteiger partial charge on any atom is -0.494 e. The fourth-order valence-corrected chi connectivity index (χ4v) is 2.90. The van der Waals surface area contributed by atoms with Crippen LogP contribution in [0.5, 0.6) is 5.75 Å². The SMILES string of the molecule is CNCCCOc1ccc(C(=O)c2c(C)oc3ccc(C)cc23)cc1.N=S(=O)=O. The van der Waals surface area contributed by atoms with Crippen LogP contribution in [0.4, 0.5) is 0 Å². The predicted molar refractivity (Wildman–Crippen MR) is 111 cm³/mol. The molecule has 0 amide bonds. The van der Waals surface area contributed by atoms with Gasteiger partial charge < -0.3 is 14.5 Å². The monoisotopic (exact) mass is 416 g/mol. The molecule has 7 nitrogen and oxygen atoms in total. The Morgan fingerprint density at radius 2 is 1.79 bits per heavy atom. The summed E-state index contributed by atoms with van der Waals surface area (Å²) in [6, 6.07) is 13.2. The van der Waals surface area contributed by atoms with Gasteiger partial charge in [-0.05, 0) is 70.3 Å². The molecule has 154 valence electrons. The van der Waals surface area contributed by atoms with Crippen molar-refractivity contribution in [2.24, 2.45) is 0 Å². The summed E-state index contributed by atoms with van der Waals surface area (Å²) in [5, 5.41) is 3.95. The van der Waals surface area contributed by atoms with Crippen molar-refractivity contribution in [1.82, 2.24) is 5.32 Å². The molecule has 2 N–H and O–H groups in total. The highest BCUT2D eigenvalue weighted by Gasteiger charge is 2.19. The molecule has 0 aliphatic heterocycles. The van der Waals surface area contributed by atoms with Gasteiger partial charge in [-0.25, -0.2) is 0 Å². The summed E-state index contributed by atoms with van der Waals surface area (Å²) in [7, 11) is -0.691. The Bertz CT molecular complexity index is 1080. The molecule has 8 heteroatoms. The third-order valence-electron chi connectivity index (χ3n) is 4.20. The van der Waals surface area contributed by atoms with Crippen LogP contribution in [0.15, 0.2) is 46.9 Å². The van der Waals surface area contributed by atoms with Crippen LogP contribution >= 0.6 is 0 Å². The number of nitrogens with one attached hydrogen (secondary N) is 2. The molecule has 1 heterocycles. The van der Waals surface area contributed by atoms with Gasteiger partial charge in [-0.1, -0.05) is 11.6 Å². The van der Waals surface area contributed by atoms with E-state index in [1.54, 1.807) is 0 Å². The Morgan fingerprint density at radius 3 is 2.41 bits per heavy atom. The molecule has 0 fully saturated rings. The second-order valence-electron chi connectivity index (χ2n) is 6.43. The molecule has 0 radical (unpaired) electrons. The zero-order valence-electron chi connectivity index (χ0n) is 16.6. The van der Waals surface area contributed by atoms with Crippen LogP contribution in [0, 0.1) is 18.6 Å². The number of benzene rings is 2. The molecule has 3 rings (SSSR count). The maximum Gasteiger partial charge on any atom is 0.308 e. The Morgan fingerprint density at radius 1 is 1.14 bits per heavy atom. The van der Waals surface area contributed by atoms with Crippen molar-refractivity contribution in [3.8, 4) is 5.75 Å². The first-order valence-corrected chi connectivity index (χ1v) is 10.1. The van der Waals surface area contributed by atoms with Gasteiger partial charge in [0.15, 0.2) is 5.78 Å². The summed E-state index contributed by atoms with van der Waals surface area (Å²) in [4.78, 5) is 13.0. The highest BCUT2D eigenvalue weighted by molar-refractivity contribution is 7.60. The third kappa shape index (κ3) is 6.27. The van der Waals surface area contributed by atoms with E-state index in [1.807, 2.05) is 63.4 Å². The molecule has 0 spiro atoms. The van der Waals surface area contributed by atoms with Gasteiger partial charge in [0.2, 0.25) is 0 Å². The Labute approximate surface area is 171 Å². The number of fused-ring (bicyclic) bond motifs is 1. The second-order valence-corrected chi connectivity index (χ2v) is 6.90. The summed E-state index contributed by atoms with van der Waals surface area (Å²) in [6.07, 6.45) is 0.941. The first kappa shape index (κ1) is 22.3. The zero-order chi connectivity index (χ0) is 21.4. The van der Waals surface area contributed by atoms with Gasteiger partial charge in [0.05, 0.1) is 12.2 Å². The van der Waals surface area contributed by atoms with Crippen molar-refractivity contribution < 1.29 is 22.4 Å². The lowest BCUT2D eigenvalue weighted by atomic mass is 9.99. The highest BCUT2D eigenvalue weighted by Crippen LogP contribution is 2.29. The van der Waals surface area contributed by atoms with Gasteiger partial charge in [0.1, 0.15) is 17.1 Å². The molecule has 0 saturated heterocycles. The van der Waals surface area contributed by atoms with Crippen molar-refractivity contribution in [2.75, 3.05) is 20.2 Å². The minimum absolute atomic E-state index is 0.0245. The molecule has 0 saturated carbocycles. The van der Waals surface area contributed by atoms with Gasteiger partial charge in [-0.3, -0.25) is 4.79 Å². The lowest BCUT2D eigenvalue weighted by Gasteiger charge is -2.07. The van der Waals surface area contributed by atoms with E-state index in [-0.39, 0.29) is 5.78 Å². The zero-order valence-corrected chi connectivity index (χ0v) is 17.4. The van der Waals surface area contributed by atoms with E-state index < -0.39 is 10.5 Å². The maximum absolute atomic E-state index is 13.0. The fraction of sp³-hybridized carbons (Fsp3) is 0.286. The van der Waals surface area contributed by atoms with Crippen LogP contribution in [0.2, 0.25) is 0 Å². The van der Waals surface area contributed by atoms with Gasteiger partial charge >= 0.3 is 10.5 Å². The van der Waals surface area contributed by atoms with Crippen molar-refractivity contribution in [3.05, 3.63) is 64.9 Å². The lowest BCUT2D eigenvalue weighted by molar-refractivity contribution is 0.103. The van der Waals surface area contributed by atoms with E-state index in [0.29, 0.717) is 23.5 Å². The largest absolute Gasteiger partial charge is 0.494 e. The molecule has 0 unspecified atom stereocenters. The minimum atomic E-state index is -2.61. The molecular weight excluding hydrogens is 392 g/mol. The molecule has 3 aromatic rings. The predicted octanol–water partition coefficient (Wildman–Crippen LogP) is 3.90. The van der Waals surface area contributed by atoms with Crippen LogP contribution in [0.25, 0.3) is 11.0 Å². The average molecular weight is 416 g/mol. The number of carbonyl (C=O) groups is 1. The van der Waals surface area contributed by atoms with E-state index in [1.165, 1.54) is 0 Å². The smallest absolute Gasteiger partial charge is 0.308 e. The van der Waals surface area contributed by atoms with E-state index in [2.05, 4.69) is 5.32 Å². The van der Waals surface area contributed by atoms with Crippen LogP contribution in [0.1, 0.15) is 33.7 Å². The lowest BCUT2D eigenvalue weighted by Crippen LogP contribution is -2.11. The quantitative estimate of drug-likeness (QED) is 0.447. The Hall–Kier alpha value is -2.97. The molecule has 1 aromatic heterocycles. The molecule has 29 heavy (non-hydrogen) atoms. The molecular formula is C21H24N2O5S. The van der Waals surface area contributed by atoms with E-state index >= 15 is 0 Å². The normalized spacial score (nSPS) is 10.3. The van der Waals surface area contributed by atoms with Crippen molar-refractivity contribution in [3.63, 3.8) is 0 Å². The van der Waals surface area contributed by atoms with Crippen LogP contribution in [-0.2, 0) is 10.5 Å². The van der Waals surface area contributed by atoms with E-state index in [9.17, 15) is 4.79 Å². The molecule has 0 aliphatic carbocycles. The number of ketones is 1. The van der Waals surface area contributed by atoms with Crippen LogP contribution < -0.4 is 10.1 Å². The Kier molecular flexibility index (Phi) is 8.11. The summed E-state index contributed by atoms with van der Waals surface area (Å²) >= 11 is 0. The average Bonchev–Trinajstić information content (AvgIpc) is 2.99. The van der Waals surface area contributed by atoms with Gasteiger partial charge in [0, 0.05) is 10.9 Å². The summed E-state index contributed by atoms with van der Waals surface area (Å²) in [6.45, 7) is 5.42. The molecule has 0 atom stereocenters. The molecule has 0 bridgehead atoms. The van der Waals surface area contributed by atoms with E-state index in [4.69, 9.17) is 22.4 Å². The number of furan rings is 1. The van der Waals surface area contributed by atoms with Crippen molar-refractivity contribution in [2.45, 2.75) is 20.3 Å².